The summed E-state index contributed by atoms with van der Waals surface area (Å²) in [4.78, 5) is 1.36. The standard InChI is InChI=1S/C15H19NS/c1-12(2)16-9-10-17-15-8-7-13-5-3-4-6-14(13)11-15/h3-8,11-12,16H,9-10H2,1-2H3. The summed E-state index contributed by atoms with van der Waals surface area (Å²) in [6.45, 7) is 5.43. The zero-order chi connectivity index (χ0) is 12.1. The molecule has 0 aliphatic rings. The van der Waals surface area contributed by atoms with Crippen LogP contribution in [0.1, 0.15) is 13.8 Å². The van der Waals surface area contributed by atoms with E-state index in [-0.39, 0.29) is 0 Å². The van der Waals surface area contributed by atoms with Gasteiger partial charge in [-0.05, 0) is 22.9 Å². The number of nitrogens with one attached hydrogen (secondary N) is 1. The summed E-state index contributed by atoms with van der Waals surface area (Å²) in [6.07, 6.45) is 0. The topological polar surface area (TPSA) is 12.0 Å². The first-order chi connectivity index (χ1) is 8.25. The van der Waals surface area contributed by atoms with Crippen LogP contribution >= 0.6 is 11.8 Å². The van der Waals surface area contributed by atoms with Crippen molar-refractivity contribution in [2.75, 3.05) is 12.3 Å². The zero-order valence-corrected chi connectivity index (χ0v) is 11.3. The van der Waals surface area contributed by atoms with Crippen LogP contribution in [0.3, 0.4) is 0 Å². The van der Waals surface area contributed by atoms with E-state index in [0.717, 1.165) is 12.3 Å². The van der Waals surface area contributed by atoms with E-state index in [4.69, 9.17) is 0 Å². The summed E-state index contributed by atoms with van der Waals surface area (Å²) in [7, 11) is 0. The number of hydrogen-bond donors (Lipinski definition) is 1. The number of rotatable bonds is 5. The van der Waals surface area contributed by atoms with Gasteiger partial charge in [0.05, 0.1) is 0 Å². The molecule has 0 aliphatic carbocycles. The molecule has 0 amide bonds. The maximum absolute atomic E-state index is 3.43. The van der Waals surface area contributed by atoms with Crippen molar-refractivity contribution in [3.05, 3.63) is 42.5 Å². The molecule has 90 valence electrons. The van der Waals surface area contributed by atoms with Crippen LogP contribution in [-0.4, -0.2) is 18.3 Å². The third kappa shape index (κ3) is 3.76. The van der Waals surface area contributed by atoms with Gasteiger partial charge in [0.1, 0.15) is 0 Å². The fraction of sp³-hybridized carbons (Fsp3) is 0.333. The highest BCUT2D eigenvalue weighted by molar-refractivity contribution is 7.99. The van der Waals surface area contributed by atoms with E-state index < -0.39 is 0 Å². The molecule has 0 unspecified atom stereocenters. The number of fused-ring (bicyclic) bond motifs is 1. The van der Waals surface area contributed by atoms with Gasteiger partial charge in [0.2, 0.25) is 0 Å². The minimum absolute atomic E-state index is 0.576. The summed E-state index contributed by atoms with van der Waals surface area (Å²) in [6, 6.07) is 15.8. The normalized spacial score (nSPS) is 11.2. The van der Waals surface area contributed by atoms with Gasteiger partial charge in [0, 0.05) is 23.2 Å². The van der Waals surface area contributed by atoms with Crippen molar-refractivity contribution in [3.63, 3.8) is 0 Å². The smallest absolute Gasteiger partial charge is 0.0106 e. The summed E-state index contributed by atoms with van der Waals surface area (Å²) >= 11 is 1.91. The van der Waals surface area contributed by atoms with Crippen LogP contribution in [0, 0.1) is 0 Å². The van der Waals surface area contributed by atoms with Gasteiger partial charge < -0.3 is 5.32 Å². The molecular weight excluding hydrogens is 226 g/mol. The molecule has 17 heavy (non-hydrogen) atoms. The Kier molecular flexibility index (Phi) is 4.46. The second-order valence-electron chi connectivity index (χ2n) is 4.47. The minimum atomic E-state index is 0.576. The fourth-order valence-electron chi connectivity index (χ4n) is 1.77. The first kappa shape index (κ1) is 12.5. The van der Waals surface area contributed by atoms with Crippen LogP contribution in [0.5, 0.6) is 0 Å². The number of thioether (sulfide) groups is 1. The van der Waals surface area contributed by atoms with E-state index in [0.29, 0.717) is 6.04 Å². The third-order valence-corrected chi connectivity index (χ3v) is 3.64. The van der Waals surface area contributed by atoms with Crippen molar-refractivity contribution in [1.82, 2.24) is 5.32 Å². The van der Waals surface area contributed by atoms with Crippen LogP contribution < -0.4 is 5.32 Å². The minimum Gasteiger partial charge on any atom is -0.314 e. The highest BCUT2D eigenvalue weighted by Crippen LogP contribution is 2.23. The number of benzene rings is 2. The van der Waals surface area contributed by atoms with Gasteiger partial charge >= 0.3 is 0 Å². The van der Waals surface area contributed by atoms with E-state index in [9.17, 15) is 0 Å². The van der Waals surface area contributed by atoms with E-state index in [1.807, 2.05) is 11.8 Å². The van der Waals surface area contributed by atoms with Crippen LogP contribution in [-0.2, 0) is 0 Å². The van der Waals surface area contributed by atoms with Crippen molar-refractivity contribution < 1.29 is 0 Å². The van der Waals surface area contributed by atoms with Gasteiger partial charge in [0.15, 0.2) is 0 Å². The Morgan fingerprint density at radius 3 is 2.59 bits per heavy atom. The molecule has 1 N–H and O–H groups in total. The Bertz CT molecular complexity index is 479. The van der Waals surface area contributed by atoms with Crippen molar-refractivity contribution >= 4 is 22.5 Å². The molecule has 0 saturated heterocycles. The van der Waals surface area contributed by atoms with Gasteiger partial charge in [-0.2, -0.15) is 0 Å². The van der Waals surface area contributed by atoms with Crippen molar-refractivity contribution in [2.24, 2.45) is 0 Å². The molecule has 1 nitrogen and oxygen atoms in total. The van der Waals surface area contributed by atoms with E-state index in [1.165, 1.54) is 15.7 Å². The van der Waals surface area contributed by atoms with E-state index in [1.54, 1.807) is 0 Å². The molecule has 0 aromatic heterocycles. The SMILES string of the molecule is CC(C)NCCSc1ccc2ccccc2c1. The lowest BCUT2D eigenvalue weighted by Gasteiger charge is -2.08. The molecule has 0 radical (unpaired) electrons. The van der Waals surface area contributed by atoms with Gasteiger partial charge in [-0.3, -0.25) is 0 Å². The molecular formula is C15H19NS. The monoisotopic (exact) mass is 245 g/mol. The van der Waals surface area contributed by atoms with Crippen LogP contribution in [0.4, 0.5) is 0 Å². The number of hydrogen-bond acceptors (Lipinski definition) is 2. The molecule has 2 rings (SSSR count). The van der Waals surface area contributed by atoms with Gasteiger partial charge in [-0.25, -0.2) is 0 Å². The molecule has 0 fully saturated rings. The van der Waals surface area contributed by atoms with E-state index >= 15 is 0 Å². The maximum atomic E-state index is 3.43. The Morgan fingerprint density at radius 1 is 1.06 bits per heavy atom. The molecule has 2 aromatic rings. The Morgan fingerprint density at radius 2 is 1.82 bits per heavy atom. The summed E-state index contributed by atoms with van der Waals surface area (Å²) in [5, 5.41) is 6.08. The molecule has 0 bridgehead atoms. The molecule has 2 aromatic carbocycles. The average Bonchev–Trinajstić information content (AvgIpc) is 2.34. The predicted molar refractivity (Wildman–Crippen MR) is 77.8 cm³/mol. The van der Waals surface area contributed by atoms with Gasteiger partial charge in [-0.15, -0.1) is 11.8 Å². The molecule has 0 heterocycles. The first-order valence-electron chi connectivity index (χ1n) is 6.11. The lowest BCUT2D eigenvalue weighted by atomic mass is 10.1. The molecule has 0 saturated carbocycles. The lowest BCUT2D eigenvalue weighted by Crippen LogP contribution is -2.24. The second-order valence-corrected chi connectivity index (χ2v) is 5.63. The van der Waals surface area contributed by atoms with E-state index in [2.05, 4.69) is 61.6 Å². The van der Waals surface area contributed by atoms with Crippen LogP contribution in [0.15, 0.2) is 47.4 Å². The van der Waals surface area contributed by atoms with Gasteiger partial charge in [-0.1, -0.05) is 44.2 Å². The Labute approximate surface area is 108 Å². The maximum Gasteiger partial charge on any atom is 0.0106 e. The van der Waals surface area contributed by atoms with Crippen molar-refractivity contribution in [3.8, 4) is 0 Å². The molecule has 0 atom stereocenters. The summed E-state index contributed by atoms with van der Waals surface area (Å²) in [5.74, 6) is 1.12. The zero-order valence-electron chi connectivity index (χ0n) is 10.4. The summed E-state index contributed by atoms with van der Waals surface area (Å²) < 4.78 is 0. The second kappa shape index (κ2) is 6.08. The fourth-order valence-corrected chi connectivity index (χ4v) is 2.60. The lowest BCUT2D eigenvalue weighted by molar-refractivity contribution is 0.616. The largest absolute Gasteiger partial charge is 0.314 e. The van der Waals surface area contributed by atoms with Crippen LogP contribution in [0.2, 0.25) is 0 Å². The molecule has 0 spiro atoms. The van der Waals surface area contributed by atoms with Crippen molar-refractivity contribution in [1.29, 1.82) is 0 Å². The molecule has 0 aliphatic heterocycles. The third-order valence-electron chi connectivity index (χ3n) is 2.64. The Balaban J connectivity index is 1.95. The summed E-state index contributed by atoms with van der Waals surface area (Å²) in [5.41, 5.74) is 0. The predicted octanol–water partition coefficient (Wildman–Crippen LogP) is 3.93. The first-order valence-corrected chi connectivity index (χ1v) is 7.09. The molecule has 2 heteroatoms. The highest BCUT2D eigenvalue weighted by Gasteiger charge is 1.97. The Hall–Kier alpha value is -0.990. The highest BCUT2D eigenvalue weighted by atomic mass is 32.2. The van der Waals surface area contributed by atoms with Crippen LogP contribution in [0.25, 0.3) is 10.8 Å². The quantitative estimate of drug-likeness (QED) is 0.633. The average molecular weight is 245 g/mol. The van der Waals surface area contributed by atoms with Crippen molar-refractivity contribution in [2.45, 2.75) is 24.8 Å². The van der Waals surface area contributed by atoms with Gasteiger partial charge in [0.25, 0.3) is 0 Å².